The first kappa shape index (κ1) is 16.3. The number of carbonyl (C=O) groups excluding carboxylic acids is 1. The monoisotopic (exact) mass is 339 g/mol. The normalized spacial score (nSPS) is 11.9. The minimum Gasteiger partial charge on any atom is -0.346 e. The number of aromatic nitrogens is 2. The zero-order chi connectivity index (χ0) is 16.8. The summed E-state index contributed by atoms with van der Waals surface area (Å²) in [4.78, 5) is 17.5. The molecule has 1 atom stereocenters. The van der Waals surface area contributed by atoms with Crippen molar-refractivity contribution in [1.29, 1.82) is 0 Å². The first-order chi connectivity index (χ1) is 11.7. The Morgan fingerprint density at radius 1 is 1.12 bits per heavy atom. The second kappa shape index (κ2) is 7.79. The highest BCUT2D eigenvalue weighted by atomic mass is 32.2. The second-order valence-electron chi connectivity index (χ2n) is 5.17. The lowest BCUT2D eigenvalue weighted by Gasteiger charge is -2.10. The van der Waals surface area contributed by atoms with Gasteiger partial charge >= 0.3 is 0 Å². The Bertz CT molecular complexity index is 790. The highest BCUT2D eigenvalue weighted by Gasteiger charge is 2.15. The molecule has 6 heteroatoms. The predicted octanol–water partition coefficient (Wildman–Crippen LogP) is 3.53. The van der Waals surface area contributed by atoms with Gasteiger partial charge in [0.2, 0.25) is 17.6 Å². The van der Waals surface area contributed by atoms with Crippen molar-refractivity contribution in [1.82, 2.24) is 15.5 Å². The van der Waals surface area contributed by atoms with E-state index in [4.69, 9.17) is 4.52 Å². The third kappa shape index (κ3) is 4.23. The van der Waals surface area contributed by atoms with Crippen LogP contribution in [0.4, 0.5) is 0 Å². The average molecular weight is 339 g/mol. The molecule has 24 heavy (non-hydrogen) atoms. The fraction of sp³-hybridized carbons (Fsp3) is 0.167. The van der Waals surface area contributed by atoms with Crippen LogP contribution in [-0.2, 0) is 11.3 Å². The molecule has 0 aliphatic carbocycles. The molecule has 122 valence electrons. The van der Waals surface area contributed by atoms with Gasteiger partial charge in [0.15, 0.2) is 0 Å². The lowest BCUT2D eigenvalue weighted by atomic mass is 10.2. The van der Waals surface area contributed by atoms with Crippen LogP contribution in [0.3, 0.4) is 0 Å². The second-order valence-corrected chi connectivity index (χ2v) is 6.58. The lowest BCUT2D eigenvalue weighted by molar-refractivity contribution is -0.120. The summed E-state index contributed by atoms with van der Waals surface area (Å²) in [5, 5.41) is 6.56. The SMILES string of the molecule is C[C@@H](Sc1ccccc1)C(=O)NCc1nc(-c2ccccc2)no1. The molecule has 0 aliphatic rings. The lowest BCUT2D eigenvalue weighted by Crippen LogP contribution is -2.30. The molecule has 1 N–H and O–H groups in total. The van der Waals surface area contributed by atoms with Crippen molar-refractivity contribution < 1.29 is 9.32 Å². The van der Waals surface area contributed by atoms with E-state index in [0.717, 1.165) is 10.5 Å². The zero-order valence-corrected chi connectivity index (χ0v) is 14.0. The van der Waals surface area contributed by atoms with Crippen molar-refractivity contribution in [3.8, 4) is 11.4 Å². The Hall–Kier alpha value is -2.60. The largest absolute Gasteiger partial charge is 0.346 e. The minimum absolute atomic E-state index is 0.0664. The number of carbonyl (C=O) groups is 1. The molecule has 2 aromatic carbocycles. The van der Waals surface area contributed by atoms with Gasteiger partial charge in [-0.25, -0.2) is 0 Å². The Labute approximate surface area is 144 Å². The average Bonchev–Trinajstić information content (AvgIpc) is 3.10. The highest BCUT2D eigenvalue weighted by molar-refractivity contribution is 8.00. The van der Waals surface area contributed by atoms with Crippen molar-refractivity contribution in [3.63, 3.8) is 0 Å². The predicted molar refractivity (Wildman–Crippen MR) is 93.3 cm³/mol. The van der Waals surface area contributed by atoms with Crippen LogP contribution in [0.15, 0.2) is 70.1 Å². The third-order valence-corrected chi connectivity index (χ3v) is 4.45. The molecule has 3 rings (SSSR count). The van der Waals surface area contributed by atoms with E-state index in [-0.39, 0.29) is 17.7 Å². The molecule has 0 spiro atoms. The third-order valence-electron chi connectivity index (χ3n) is 3.34. The van der Waals surface area contributed by atoms with Gasteiger partial charge in [0.25, 0.3) is 0 Å². The van der Waals surface area contributed by atoms with Crippen LogP contribution in [0.1, 0.15) is 12.8 Å². The molecule has 5 nitrogen and oxygen atoms in total. The van der Waals surface area contributed by atoms with Crippen molar-refractivity contribution in [3.05, 3.63) is 66.6 Å². The van der Waals surface area contributed by atoms with E-state index in [1.165, 1.54) is 11.8 Å². The summed E-state index contributed by atoms with van der Waals surface area (Å²) >= 11 is 1.51. The van der Waals surface area contributed by atoms with Crippen LogP contribution < -0.4 is 5.32 Å². The van der Waals surface area contributed by atoms with Gasteiger partial charge in [-0.3, -0.25) is 4.79 Å². The van der Waals surface area contributed by atoms with Crippen LogP contribution in [0.5, 0.6) is 0 Å². The molecular weight excluding hydrogens is 322 g/mol. The van der Waals surface area contributed by atoms with E-state index in [1.54, 1.807) is 0 Å². The first-order valence-corrected chi connectivity index (χ1v) is 8.48. The molecular formula is C18H17N3O2S. The molecule has 1 amide bonds. The van der Waals surface area contributed by atoms with Gasteiger partial charge in [-0.15, -0.1) is 11.8 Å². The molecule has 0 bridgehead atoms. The molecule has 0 aliphatic heterocycles. The zero-order valence-electron chi connectivity index (χ0n) is 13.2. The van der Waals surface area contributed by atoms with Gasteiger partial charge in [-0.1, -0.05) is 53.7 Å². The van der Waals surface area contributed by atoms with Gasteiger partial charge in [0, 0.05) is 10.5 Å². The van der Waals surface area contributed by atoms with Crippen LogP contribution in [0.25, 0.3) is 11.4 Å². The van der Waals surface area contributed by atoms with E-state index >= 15 is 0 Å². The fourth-order valence-electron chi connectivity index (χ4n) is 2.09. The smallest absolute Gasteiger partial charge is 0.246 e. The number of hydrogen-bond donors (Lipinski definition) is 1. The Balaban J connectivity index is 1.54. The Morgan fingerprint density at radius 2 is 1.79 bits per heavy atom. The van der Waals surface area contributed by atoms with Gasteiger partial charge in [-0.2, -0.15) is 4.98 Å². The number of hydrogen-bond acceptors (Lipinski definition) is 5. The number of amides is 1. The summed E-state index contributed by atoms with van der Waals surface area (Å²) in [5.41, 5.74) is 0.881. The molecule has 3 aromatic rings. The van der Waals surface area contributed by atoms with Crippen molar-refractivity contribution >= 4 is 17.7 Å². The first-order valence-electron chi connectivity index (χ1n) is 7.60. The van der Waals surface area contributed by atoms with Crippen molar-refractivity contribution in [2.75, 3.05) is 0 Å². The summed E-state index contributed by atoms with van der Waals surface area (Å²) in [6.45, 7) is 2.09. The van der Waals surface area contributed by atoms with E-state index in [0.29, 0.717) is 11.7 Å². The highest BCUT2D eigenvalue weighted by Crippen LogP contribution is 2.22. The Kier molecular flexibility index (Phi) is 5.28. The maximum atomic E-state index is 12.2. The van der Waals surface area contributed by atoms with Crippen LogP contribution >= 0.6 is 11.8 Å². The number of rotatable bonds is 6. The van der Waals surface area contributed by atoms with Crippen molar-refractivity contribution in [2.24, 2.45) is 0 Å². The summed E-state index contributed by atoms with van der Waals surface area (Å²) < 4.78 is 5.18. The van der Waals surface area contributed by atoms with Gasteiger partial charge in [0.05, 0.1) is 11.8 Å². The molecule has 0 radical (unpaired) electrons. The minimum atomic E-state index is -0.205. The van der Waals surface area contributed by atoms with E-state index in [1.807, 2.05) is 67.6 Å². The summed E-state index contributed by atoms with van der Waals surface area (Å²) in [6, 6.07) is 19.4. The van der Waals surface area contributed by atoms with Crippen molar-refractivity contribution in [2.45, 2.75) is 23.6 Å². The van der Waals surface area contributed by atoms with E-state index in [2.05, 4.69) is 15.5 Å². The number of thioether (sulfide) groups is 1. The topological polar surface area (TPSA) is 68.0 Å². The molecule has 1 heterocycles. The fourth-order valence-corrected chi connectivity index (χ4v) is 3.01. The summed E-state index contributed by atoms with van der Waals surface area (Å²) in [7, 11) is 0. The molecule has 0 unspecified atom stereocenters. The van der Waals surface area contributed by atoms with Gasteiger partial charge in [-0.05, 0) is 19.1 Å². The van der Waals surface area contributed by atoms with E-state index < -0.39 is 0 Å². The maximum absolute atomic E-state index is 12.2. The van der Waals surface area contributed by atoms with Crippen LogP contribution in [-0.4, -0.2) is 21.3 Å². The quantitative estimate of drug-likeness (QED) is 0.696. The standard InChI is InChI=1S/C18H17N3O2S/c1-13(24-15-10-6-3-7-11-15)18(22)19-12-16-20-17(21-23-16)14-8-4-2-5-9-14/h2-11,13H,12H2,1H3,(H,19,22)/t13-/m1/s1. The van der Waals surface area contributed by atoms with Crippen LogP contribution in [0.2, 0.25) is 0 Å². The number of nitrogens with zero attached hydrogens (tertiary/aromatic N) is 2. The molecule has 0 saturated carbocycles. The Morgan fingerprint density at radius 3 is 2.50 bits per heavy atom. The van der Waals surface area contributed by atoms with Gasteiger partial charge in [0.1, 0.15) is 0 Å². The number of nitrogens with one attached hydrogen (secondary N) is 1. The molecule has 0 fully saturated rings. The van der Waals surface area contributed by atoms with Crippen LogP contribution in [0, 0.1) is 0 Å². The van der Waals surface area contributed by atoms with E-state index in [9.17, 15) is 4.79 Å². The summed E-state index contributed by atoms with van der Waals surface area (Å²) in [6.07, 6.45) is 0. The van der Waals surface area contributed by atoms with Gasteiger partial charge < -0.3 is 9.84 Å². The molecule has 0 saturated heterocycles. The maximum Gasteiger partial charge on any atom is 0.246 e. The number of benzene rings is 2. The summed E-state index contributed by atoms with van der Waals surface area (Å²) in [5.74, 6) is 0.842. The molecule has 1 aromatic heterocycles.